The third-order valence-electron chi connectivity index (χ3n) is 5.01. The molecule has 0 spiro atoms. The molecule has 0 fully saturated rings. The van der Waals surface area contributed by atoms with Gasteiger partial charge in [-0.3, -0.25) is 0 Å². The van der Waals surface area contributed by atoms with Crippen molar-refractivity contribution in [2.24, 2.45) is 0 Å². The van der Waals surface area contributed by atoms with Crippen molar-refractivity contribution >= 4 is 0 Å². The number of hydrogen-bond acceptors (Lipinski definition) is 4. The van der Waals surface area contributed by atoms with Crippen LogP contribution in [0.1, 0.15) is 41.4 Å². The van der Waals surface area contributed by atoms with E-state index in [-0.39, 0.29) is 12.1 Å². The van der Waals surface area contributed by atoms with Crippen molar-refractivity contribution < 1.29 is 5.11 Å². The standard InChI is InChI=1S/C20H22N4O/c1-13(23-20-16-8-4-3-7-15(16)11-18(20)25)17-12-22-24(14(17)2)19-9-5-6-10-21-19/h3-10,12-13,18,20,23,25H,11H2,1-2H3. The van der Waals surface area contributed by atoms with Gasteiger partial charge in [0.1, 0.15) is 0 Å². The molecule has 2 heterocycles. The van der Waals surface area contributed by atoms with Crippen molar-refractivity contribution in [1.82, 2.24) is 20.1 Å². The van der Waals surface area contributed by atoms with Gasteiger partial charge in [0.25, 0.3) is 0 Å². The van der Waals surface area contributed by atoms with Gasteiger partial charge in [-0.15, -0.1) is 0 Å². The van der Waals surface area contributed by atoms with Gasteiger partial charge in [-0.05, 0) is 37.1 Å². The fraction of sp³-hybridized carbons (Fsp3) is 0.300. The minimum absolute atomic E-state index is 0.0520. The molecule has 3 unspecified atom stereocenters. The van der Waals surface area contributed by atoms with Crippen LogP contribution in [0.5, 0.6) is 0 Å². The number of nitrogens with one attached hydrogen (secondary N) is 1. The summed E-state index contributed by atoms with van der Waals surface area (Å²) in [4.78, 5) is 4.37. The second-order valence-corrected chi connectivity index (χ2v) is 6.62. The molecule has 0 saturated carbocycles. The molecule has 3 atom stereocenters. The highest BCUT2D eigenvalue weighted by atomic mass is 16.3. The Hall–Kier alpha value is -2.50. The second-order valence-electron chi connectivity index (χ2n) is 6.62. The molecule has 2 aromatic heterocycles. The van der Waals surface area contributed by atoms with Crippen molar-refractivity contribution in [2.45, 2.75) is 38.5 Å². The molecule has 1 aliphatic rings. The Morgan fingerprint density at radius 2 is 2.00 bits per heavy atom. The van der Waals surface area contributed by atoms with Crippen LogP contribution in [0.3, 0.4) is 0 Å². The lowest BCUT2D eigenvalue weighted by Crippen LogP contribution is -2.31. The maximum absolute atomic E-state index is 10.5. The third-order valence-corrected chi connectivity index (χ3v) is 5.01. The monoisotopic (exact) mass is 334 g/mol. The summed E-state index contributed by atoms with van der Waals surface area (Å²) >= 11 is 0. The Bertz CT molecular complexity index is 874. The molecule has 1 aromatic carbocycles. The van der Waals surface area contributed by atoms with Crippen LogP contribution in [0.15, 0.2) is 54.9 Å². The van der Waals surface area contributed by atoms with Crippen molar-refractivity contribution in [3.05, 3.63) is 77.2 Å². The zero-order valence-electron chi connectivity index (χ0n) is 14.4. The summed E-state index contributed by atoms with van der Waals surface area (Å²) in [5.74, 6) is 0.810. The topological polar surface area (TPSA) is 63.0 Å². The predicted molar refractivity (Wildman–Crippen MR) is 96.5 cm³/mol. The van der Waals surface area contributed by atoms with Crippen molar-refractivity contribution in [2.75, 3.05) is 0 Å². The third kappa shape index (κ3) is 2.86. The number of benzene rings is 1. The molecule has 0 aliphatic heterocycles. The van der Waals surface area contributed by atoms with Gasteiger partial charge in [0, 0.05) is 29.9 Å². The van der Waals surface area contributed by atoms with Crippen LogP contribution in [0.2, 0.25) is 0 Å². The molecule has 0 saturated heterocycles. The van der Waals surface area contributed by atoms with Crippen molar-refractivity contribution in [3.8, 4) is 5.82 Å². The van der Waals surface area contributed by atoms with Gasteiger partial charge < -0.3 is 10.4 Å². The highest BCUT2D eigenvalue weighted by Gasteiger charge is 2.32. The van der Waals surface area contributed by atoms with Crippen LogP contribution in [0, 0.1) is 6.92 Å². The van der Waals surface area contributed by atoms with Gasteiger partial charge in [0.05, 0.1) is 18.3 Å². The van der Waals surface area contributed by atoms with Crippen LogP contribution in [-0.2, 0) is 6.42 Å². The Labute approximate surface area is 147 Å². The van der Waals surface area contributed by atoms with Crippen molar-refractivity contribution in [1.29, 1.82) is 0 Å². The molecule has 2 N–H and O–H groups in total. The van der Waals surface area contributed by atoms with E-state index in [1.54, 1.807) is 6.20 Å². The molecule has 4 rings (SSSR count). The van der Waals surface area contributed by atoms with E-state index in [1.807, 2.05) is 48.1 Å². The van der Waals surface area contributed by atoms with Crippen LogP contribution in [-0.4, -0.2) is 26.0 Å². The zero-order chi connectivity index (χ0) is 17.4. The zero-order valence-corrected chi connectivity index (χ0v) is 14.4. The summed E-state index contributed by atoms with van der Waals surface area (Å²) in [5, 5.41) is 18.5. The number of aliphatic hydroxyl groups excluding tert-OH is 1. The highest BCUT2D eigenvalue weighted by Crippen LogP contribution is 2.33. The molecular weight excluding hydrogens is 312 g/mol. The summed E-state index contributed by atoms with van der Waals surface area (Å²) in [6.45, 7) is 4.16. The van der Waals surface area contributed by atoms with Crippen LogP contribution >= 0.6 is 0 Å². The van der Waals surface area contributed by atoms with Crippen LogP contribution < -0.4 is 5.32 Å². The Kier molecular flexibility index (Phi) is 4.11. The lowest BCUT2D eigenvalue weighted by atomic mass is 10.0. The van der Waals surface area contributed by atoms with Gasteiger partial charge in [-0.1, -0.05) is 30.3 Å². The quantitative estimate of drug-likeness (QED) is 0.770. The number of rotatable bonds is 4. The van der Waals surface area contributed by atoms with E-state index in [9.17, 15) is 5.11 Å². The van der Waals surface area contributed by atoms with E-state index in [0.29, 0.717) is 6.42 Å². The lowest BCUT2D eigenvalue weighted by Gasteiger charge is -2.23. The minimum atomic E-state index is -0.397. The van der Waals surface area contributed by atoms with E-state index in [1.165, 1.54) is 11.1 Å². The smallest absolute Gasteiger partial charge is 0.153 e. The van der Waals surface area contributed by atoms with E-state index in [0.717, 1.165) is 17.1 Å². The van der Waals surface area contributed by atoms with Gasteiger partial charge in [0.2, 0.25) is 0 Å². The summed E-state index contributed by atoms with van der Waals surface area (Å²) in [6, 6.07) is 14.1. The summed E-state index contributed by atoms with van der Waals surface area (Å²) in [6.07, 6.45) is 3.96. The normalized spacial score (nSPS) is 20.4. The fourth-order valence-electron chi connectivity index (χ4n) is 3.69. The van der Waals surface area contributed by atoms with Gasteiger partial charge >= 0.3 is 0 Å². The molecule has 0 amide bonds. The summed E-state index contributed by atoms with van der Waals surface area (Å²) < 4.78 is 1.85. The number of fused-ring (bicyclic) bond motifs is 1. The first-order valence-corrected chi connectivity index (χ1v) is 8.63. The number of pyridine rings is 1. The summed E-state index contributed by atoms with van der Waals surface area (Å²) in [7, 11) is 0. The lowest BCUT2D eigenvalue weighted by molar-refractivity contribution is 0.136. The first-order valence-electron chi connectivity index (χ1n) is 8.63. The molecule has 3 aromatic rings. The highest BCUT2D eigenvalue weighted by molar-refractivity contribution is 5.37. The molecular formula is C20H22N4O. The average Bonchev–Trinajstić information content (AvgIpc) is 3.16. The molecule has 5 nitrogen and oxygen atoms in total. The maximum Gasteiger partial charge on any atom is 0.153 e. The summed E-state index contributed by atoms with van der Waals surface area (Å²) in [5.41, 5.74) is 4.58. The Morgan fingerprint density at radius 1 is 1.20 bits per heavy atom. The molecule has 5 heteroatoms. The largest absolute Gasteiger partial charge is 0.391 e. The van der Waals surface area contributed by atoms with E-state index in [2.05, 4.69) is 34.5 Å². The van der Waals surface area contributed by atoms with Gasteiger partial charge in [-0.25, -0.2) is 9.67 Å². The van der Waals surface area contributed by atoms with E-state index >= 15 is 0 Å². The average molecular weight is 334 g/mol. The Balaban J connectivity index is 1.58. The van der Waals surface area contributed by atoms with E-state index in [4.69, 9.17) is 0 Å². The minimum Gasteiger partial charge on any atom is -0.391 e. The first kappa shape index (κ1) is 16.0. The first-order chi connectivity index (χ1) is 12.1. The van der Waals surface area contributed by atoms with Crippen LogP contribution in [0.25, 0.3) is 5.82 Å². The Morgan fingerprint density at radius 3 is 2.80 bits per heavy atom. The predicted octanol–water partition coefficient (Wildman–Crippen LogP) is 2.88. The second kappa shape index (κ2) is 6.43. The molecule has 1 aliphatic carbocycles. The fourth-order valence-corrected chi connectivity index (χ4v) is 3.69. The number of nitrogens with zero attached hydrogens (tertiary/aromatic N) is 3. The molecule has 0 bridgehead atoms. The molecule has 25 heavy (non-hydrogen) atoms. The number of aromatic nitrogens is 3. The SMILES string of the molecule is Cc1c(C(C)NC2c3ccccc3CC2O)cnn1-c1ccccn1. The van der Waals surface area contributed by atoms with E-state index < -0.39 is 6.10 Å². The maximum atomic E-state index is 10.5. The van der Waals surface area contributed by atoms with Crippen molar-refractivity contribution in [3.63, 3.8) is 0 Å². The number of aliphatic hydroxyl groups is 1. The van der Waals surface area contributed by atoms with Gasteiger partial charge in [0.15, 0.2) is 5.82 Å². The van der Waals surface area contributed by atoms with Gasteiger partial charge in [-0.2, -0.15) is 5.10 Å². The number of hydrogen-bond donors (Lipinski definition) is 2. The molecule has 128 valence electrons. The van der Waals surface area contributed by atoms with Crippen LogP contribution in [0.4, 0.5) is 0 Å². The molecule has 0 radical (unpaired) electrons.